The first-order valence-corrected chi connectivity index (χ1v) is 10.8. The number of carbonyl (C=O) groups is 1. The number of hydrogen-bond acceptors (Lipinski definition) is 8. The van der Waals surface area contributed by atoms with E-state index < -0.39 is 4.92 Å². The number of amides is 1. The van der Waals surface area contributed by atoms with E-state index in [1.165, 1.54) is 23.9 Å². The third-order valence-corrected chi connectivity index (χ3v) is 5.70. The zero-order valence-electron chi connectivity index (χ0n) is 17.2. The van der Waals surface area contributed by atoms with Crippen LogP contribution in [0.1, 0.15) is 5.69 Å². The van der Waals surface area contributed by atoms with Crippen molar-refractivity contribution in [3.8, 4) is 11.4 Å². The van der Waals surface area contributed by atoms with Gasteiger partial charge in [0.2, 0.25) is 5.91 Å². The molecule has 3 aromatic heterocycles. The molecule has 5 rings (SSSR count). The summed E-state index contributed by atoms with van der Waals surface area (Å²) in [4.78, 5) is 32.4. The lowest BCUT2D eigenvalue weighted by Gasteiger charge is -2.06. The Hall–Kier alpha value is -4.32. The maximum atomic E-state index is 12.4. The number of fused-ring (bicyclic) bond motifs is 3. The second-order valence-electron chi connectivity index (χ2n) is 7.16. The summed E-state index contributed by atoms with van der Waals surface area (Å²) in [6.45, 7) is 1.84. The fourth-order valence-electron chi connectivity index (χ4n) is 3.30. The molecule has 0 bridgehead atoms. The second-order valence-corrected chi connectivity index (χ2v) is 8.11. The van der Waals surface area contributed by atoms with Gasteiger partial charge in [-0.25, -0.2) is 9.97 Å². The Labute approximate surface area is 190 Å². The summed E-state index contributed by atoms with van der Waals surface area (Å²) in [6, 6.07) is 15.3. The number of non-ortho nitro benzene ring substituents is 1. The van der Waals surface area contributed by atoms with Crippen molar-refractivity contribution >= 4 is 45.7 Å². The summed E-state index contributed by atoms with van der Waals surface area (Å²) in [5, 5.41) is 26.5. The van der Waals surface area contributed by atoms with Gasteiger partial charge in [-0.3, -0.25) is 20.0 Å². The lowest BCUT2D eigenvalue weighted by molar-refractivity contribution is -0.384. The summed E-state index contributed by atoms with van der Waals surface area (Å²) in [7, 11) is 0. The highest BCUT2D eigenvalue weighted by molar-refractivity contribution is 7.99. The van der Waals surface area contributed by atoms with Gasteiger partial charge in [-0.15, -0.1) is 5.10 Å². The van der Waals surface area contributed by atoms with Crippen molar-refractivity contribution in [1.29, 1.82) is 0 Å². The summed E-state index contributed by atoms with van der Waals surface area (Å²) in [5.41, 5.74) is 2.56. The van der Waals surface area contributed by atoms with E-state index >= 15 is 0 Å². The molecule has 3 heterocycles. The lowest BCUT2D eigenvalue weighted by atomic mass is 10.2. The standard InChI is InChI=1S/C21H16N8O3S/c1-12-9-17(26-25-12)23-18(30)11-33-21-22-16-8-3-2-7-15(16)20-24-19(27-28(20)21)13-5-4-6-14(10-13)29(31)32/h2-10H,11H2,1H3,(H2,23,25,26,30). The maximum absolute atomic E-state index is 12.4. The van der Waals surface area contributed by atoms with Gasteiger partial charge in [0.15, 0.2) is 22.4 Å². The van der Waals surface area contributed by atoms with Gasteiger partial charge in [0.05, 0.1) is 16.2 Å². The molecule has 0 saturated heterocycles. The number of H-pyrrole nitrogens is 1. The van der Waals surface area contributed by atoms with Crippen LogP contribution in [-0.4, -0.2) is 46.4 Å². The molecule has 164 valence electrons. The predicted molar refractivity (Wildman–Crippen MR) is 123 cm³/mol. The van der Waals surface area contributed by atoms with Gasteiger partial charge >= 0.3 is 0 Å². The Bertz CT molecular complexity index is 1530. The van der Waals surface area contributed by atoms with Crippen LogP contribution in [0.25, 0.3) is 27.9 Å². The Morgan fingerprint density at radius 2 is 2.03 bits per heavy atom. The quantitative estimate of drug-likeness (QED) is 0.169. The number of carbonyl (C=O) groups excluding carboxylic acids is 1. The molecule has 33 heavy (non-hydrogen) atoms. The third-order valence-electron chi connectivity index (χ3n) is 4.77. The predicted octanol–water partition coefficient (Wildman–Crippen LogP) is 3.62. The lowest BCUT2D eigenvalue weighted by Crippen LogP contribution is -2.15. The zero-order valence-corrected chi connectivity index (χ0v) is 18.0. The topological polar surface area (TPSA) is 144 Å². The van der Waals surface area contributed by atoms with E-state index in [1.54, 1.807) is 22.7 Å². The van der Waals surface area contributed by atoms with Crippen LogP contribution in [0.2, 0.25) is 0 Å². The maximum Gasteiger partial charge on any atom is 0.270 e. The number of aromatic nitrogens is 6. The van der Waals surface area contributed by atoms with Crippen molar-refractivity contribution in [3.05, 3.63) is 70.4 Å². The molecule has 0 aliphatic rings. The molecule has 0 radical (unpaired) electrons. The van der Waals surface area contributed by atoms with Crippen molar-refractivity contribution in [1.82, 2.24) is 29.8 Å². The average molecular weight is 460 g/mol. The van der Waals surface area contributed by atoms with Crippen molar-refractivity contribution < 1.29 is 9.72 Å². The van der Waals surface area contributed by atoms with E-state index in [1.807, 2.05) is 31.2 Å². The van der Waals surface area contributed by atoms with E-state index in [2.05, 4.69) is 30.6 Å². The number of nitrogens with one attached hydrogen (secondary N) is 2. The molecule has 0 spiro atoms. The highest BCUT2D eigenvalue weighted by Crippen LogP contribution is 2.27. The van der Waals surface area contributed by atoms with Crippen LogP contribution in [0.5, 0.6) is 0 Å². The Morgan fingerprint density at radius 1 is 1.18 bits per heavy atom. The normalized spacial score (nSPS) is 11.2. The van der Waals surface area contributed by atoms with Crippen LogP contribution in [0.3, 0.4) is 0 Å². The van der Waals surface area contributed by atoms with Gasteiger partial charge in [0.25, 0.3) is 5.69 Å². The molecular formula is C21H16N8O3S. The number of thioether (sulfide) groups is 1. The molecule has 0 aliphatic carbocycles. The first-order valence-electron chi connectivity index (χ1n) is 9.83. The van der Waals surface area contributed by atoms with Gasteiger partial charge < -0.3 is 5.32 Å². The Morgan fingerprint density at radius 3 is 2.82 bits per heavy atom. The fraction of sp³-hybridized carbons (Fsp3) is 0.0952. The minimum Gasteiger partial charge on any atom is -0.308 e. The largest absolute Gasteiger partial charge is 0.308 e. The van der Waals surface area contributed by atoms with E-state index in [0.29, 0.717) is 33.5 Å². The van der Waals surface area contributed by atoms with Crippen molar-refractivity contribution in [3.63, 3.8) is 0 Å². The van der Waals surface area contributed by atoms with Gasteiger partial charge in [0, 0.05) is 34.8 Å². The first-order chi connectivity index (χ1) is 16.0. The summed E-state index contributed by atoms with van der Waals surface area (Å²) in [6.07, 6.45) is 0. The van der Waals surface area contributed by atoms with Gasteiger partial charge in [-0.05, 0) is 19.1 Å². The molecule has 0 atom stereocenters. The van der Waals surface area contributed by atoms with E-state index in [-0.39, 0.29) is 17.3 Å². The highest BCUT2D eigenvalue weighted by Gasteiger charge is 2.17. The first kappa shape index (κ1) is 20.6. The number of hydrogen-bond donors (Lipinski definition) is 2. The number of aromatic amines is 1. The Balaban J connectivity index is 1.51. The number of aryl methyl sites for hydroxylation is 1. The van der Waals surface area contributed by atoms with Crippen molar-refractivity contribution in [2.75, 3.05) is 11.1 Å². The van der Waals surface area contributed by atoms with Gasteiger partial charge in [-0.1, -0.05) is 36.0 Å². The highest BCUT2D eigenvalue weighted by atomic mass is 32.2. The zero-order chi connectivity index (χ0) is 22.9. The molecule has 2 N–H and O–H groups in total. The van der Waals surface area contributed by atoms with Crippen LogP contribution in [0, 0.1) is 17.0 Å². The molecule has 11 nitrogen and oxygen atoms in total. The van der Waals surface area contributed by atoms with Crippen LogP contribution in [0.4, 0.5) is 11.5 Å². The van der Waals surface area contributed by atoms with Crippen LogP contribution in [-0.2, 0) is 4.79 Å². The monoisotopic (exact) mass is 460 g/mol. The van der Waals surface area contributed by atoms with E-state index in [0.717, 1.165) is 11.1 Å². The molecule has 0 fully saturated rings. The number of benzene rings is 2. The van der Waals surface area contributed by atoms with Crippen LogP contribution in [0.15, 0.2) is 59.8 Å². The molecular weight excluding hydrogens is 444 g/mol. The molecule has 1 amide bonds. The van der Waals surface area contributed by atoms with Crippen LogP contribution >= 0.6 is 11.8 Å². The third kappa shape index (κ3) is 4.11. The molecule has 12 heteroatoms. The van der Waals surface area contributed by atoms with E-state index in [4.69, 9.17) is 0 Å². The molecule has 0 saturated carbocycles. The summed E-state index contributed by atoms with van der Waals surface area (Å²) in [5.74, 6) is 0.616. The molecule has 5 aromatic rings. The Kier molecular flexibility index (Phi) is 5.18. The average Bonchev–Trinajstić information content (AvgIpc) is 3.44. The minimum atomic E-state index is -0.461. The van der Waals surface area contributed by atoms with E-state index in [9.17, 15) is 14.9 Å². The number of para-hydroxylation sites is 1. The second kappa shape index (κ2) is 8.31. The van der Waals surface area contributed by atoms with Gasteiger partial charge in [-0.2, -0.15) is 9.61 Å². The van der Waals surface area contributed by atoms with Gasteiger partial charge in [0.1, 0.15) is 0 Å². The van der Waals surface area contributed by atoms with Crippen molar-refractivity contribution in [2.24, 2.45) is 0 Å². The van der Waals surface area contributed by atoms with Crippen molar-refractivity contribution in [2.45, 2.75) is 12.1 Å². The molecule has 0 unspecified atom stereocenters. The number of anilines is 1. The summed E-state index contributed by atoms with van der Waals surface area (Å²) >= 11 is 1.21. The number of rotatable bonds is 6. The number of nitro groups is 1. The van der Waals surface area contributed by atoms with Crippen LogP contribution < -0.4 is 5.32 Å². The smallest absolute Gasteiger partial charge is 0.270 e. The fourth-order valence-corrected chi connectivity index (χ4v) is 4.04. The molecule has 2 aromatic carbocycles. The minimum absolute atomic E-state index is 0.0470. The number of nitrogens with zero attached hydrogens (tertiary/aromatic N) is 6. The summed E-state index contributed by atoms with van der Waals surface area (Å²) < 4.78 is 1.56. The molecule has 0 aliphatic heterocycles. The number of nitro benzene ring substituents is 1. The SMILES string of the molecule is Cc1cc(NC(=O)CSc2nc3ccccc3c3nc(-c4cccc([N+](=O)[O-])c4)nn23)n[nH]1.